The maximum Gasteiger partial charge on any atom is 0.305 e. The Bertz CT molecular complexity index is 176. The Morgan fingerprint density at radius 3 is 2.50 bits per heavy atom. The second-order valence-corrected chi connectivity index (χ2v) is 3.75. The zero-order chi connectivity index (χ0) is 9.19. The van der Waals surface area contributed by atoms with Gasteiger partial charge >= 0.3 is 5.97 Å². The molecule has 0 saturated carbocycles. The SMILES string of the molecule is CC(C)NC1(CC(=O)O)CNC1. The maximum absolute atomic E-state index is 10.5. The van der Waals surface area contributed by atoms with E-state index in [9.17, 15) is 4.79 Å². The Hall–Kier alpha value is -0.610. The van der Waals surface area contributed by atoms with Crippen molar-refractivity contribution in [3.8, 4) is 0 Å². The van der Waals surface area contributed by atoms with Gasteiger partial charge in [0.25, 0.3) is 0 Å². The second kappa shape index (κ2) is 3.41. The lowest BCUT2D eigenvalue weighted by Crippen LogP contribution is -2.69. The van der Waals surface area contributed by atoms with Crippen molar-refractivity contribution < 1.29 is 9.90 Å². The van der Waals surface area contributed by atoms with Crippen molar-refractivity contribution in [3.05, 3.63) is 0 Å². The zero-order valence-corrected chi connectivity index (χ0v) is 7.55. The van der Waals surface area contributed by atoms with Crippen LogP contribution in [0.4, 0.5) is 0 Å². The Morgan fingerprint density at radius 2 is 2.25 bits per heavy atom. The topological polar surface area (TPSA) is 61.4 Å². The van der Waals surface area contributed by atoms with Gasteiger partial charge in [0.15, 0.2) is 0 Å². The van der Waals surface area contributed by atoms with Gasteiger partial charge in [-0.1, -0.05) is 13.8 Å². The van der Waals surface area contributed by atoms with Gasteiger partial charge in [0.2, 0.25) is 0 Å². The summed E-state index contributed by atoms with van der Waals surface area (Å²) in [5, 5.41) is 15.0. The van der Waals surface area contributed by atoms with Crippen LogP contribution in [0, 0.1) is 0 Å². The average molecular weight is 172 g/mol. The van der Waals surface area contributed by atoms with E-state index in [2.05, 4.69) is 10.6 Å². The van der Waals surface area contributed by atoms with Crippen LogP contribution in [-0.4, -0.2) is 35.7 Å². The standard InChI is InChI=1S/C8H16N2O2/c1-6(2)10-8(3-7(11)12)4-9-5-8/h6,9-10H,3-5H2,1-2H3,(H,11,12). The molecule has 4 heteroatoms. The lowest BCUT2D eigenvalue weighted by Gasteiger charge is -2.43. The first-order valence-electron chi connectivity index (χ1n) is 4.24. The Morgan fingerprint density at radius 1 is 1.67 bits per heavy atom. The molecule has 0 unspecified atom stereocenters. The van der Waals surface area contributed by atoms with E-state index in [1.165, 1.54) is 0 Å². The Labute approximate surface area is 72.3 Å². The number of carboxylic acids is 1. The van der Waals surface area contributed by atoms with E-state index in [0.29, 0.717) is 6.04 Å². The number of rotatable bonds is 4. The number of carboxylic acid groups (broad SMARTS) is 1. The van der Waals surface area contributed by atoms with E-state index < -0.39 is 5.97 Å². The summed E-state index contributed by atoms with van der Waals surface area (Å²) >= 11 is 0. The number of aliphatic carboxylic acids is 1. The van der Waals surface area contributed by atoms with Crippen LogP contribution >= 0.6 is 0 Å². The van der Waals surface area contributed by atoms with Gasteiger partial charge in [-0.3, -0.25) is 4.79 Å². The molecule has 0 aromatic rings. The minimum absolute atomic E-state index is 0.194. The molecule has 12 heavy (non-hydrogen) atoms. The molecule has 0 atom stereocenters. The second-order valence-electron chi connectivity index (χ2n) is 3.75. The van der Waals surface area contributed by atoms with E-state index in [-0.39, 0.29) is 12.0 Å². The third-order valence-electron chi connectivity index (χ3n) is 2.01. The predicted molar refractivity (Wildman–Crippen MR) is 46.1 cm³/mol. The minimum Gasteiger partial charge on any atom is -0.481 e. The summed E-state index contributed by atoms with van der Waals surface area (Å²) in [6, 6.07) is 0.339. The normalized spacial score (nSPS) is 20.6. The predicted octanol–water partition coefficient (Wildman–Crippen LogP) is -0.199. The first-order chi connectivity index (χ1) is 5.54. The van der Waals surface area contributed by atoms with Gasteiger partial charge in [0, 0.05) is 19.1 Å². The molecule has 0 spiro atoms. The average Bonchev–Trinajstić information content (AvgIpc) is 1.80. The molecular formula is C8H16N2O2. The van der Waals surface area contributed by atoms with Gasteiger partial charge in [-0.15, -0.1) is 0 Å². The number of carbonyl (C=O) groups is 1. The van der Waals surface area contributed by atoms with Crippen molar-refractivity contribution in [2.24, 2.45) is 0 Å². The van der Waals surface area contributed by atoms with E-state index >= 15 is 0 Å². The molecule has 0 radical (unpaired) electrons. The van der Waals surface area contributed by atoms with Gasteiger partial charge in [-0.2, -0.15) is 0 Å². The molecule has 3 N–H and O–H groups in total. The molecular weight excluding hydrogens is 156 g/mol. The van der Waals surface area contributed by atoms with Crippen molar-refractivity contribution in [1.82, 2.24) is 10.6 Å². The Kier molecular flexibility index (Phi) is 2.69. The summed E-state index contributed by atoms with van der Waals surface area (Å²) in [5.41, 5.74) is -0.194. The number of hydrogen-bond donors (Lipinski definition) is 3. The largest absolute Gasteiger partial charge is 0.481 e. The molecule has 0 aliphatic carbocycles. The van der Waals surface area contributed by atoms with E-state index in [1.54, 1.807) is 0 Å². The van der Waals surface area contributed by atoms with Crippen LogP contribution in [0.3, 0.4) is 0 Å². The van der Waals surface area contributed by atoms with Crippen molar-refractivity contribution in [2.45, 2.75) is 31.8 Å². The molecule has 0 bridgehead atoms. The summed E-state index contributed by atoms with van der Waals surface area (Å²) in [5.74, 6) is -0.732. The van der Waals surface area contributed by atoms with Gasteiger partial charge in [0.1, 0.15) is 0 Å². The third-order valence-corrected chi connectivity index (χ3v) is 2.01. The Balaban J connectivity index is 2.45. The smallest absolute Gasteiger partial charge is 0.305 e. The highest BCUT2D eigenvalue weighted by Gasteiger charge is 2.38. The van der Waals surface area contributed by atoms with Gasteiger partial charge in [-0.25, -0.2) is 0 Å². The molecule has 1 heterocycles. The van der Waals surface area contributed by atoms with Crippen molar-refractivity contribution >= 4 is 5.97 Å². The quantitative estimate of drug-likeness (QED) is 0.549. The molecule has 1 rings (SSSR count). The lowest BCUT2D eigenvalue weighted by molar-refractivity contribution is -0.139. The summed E-state index contributed by atoms with van der Waals surface area (Å²) in [6.45, 7) is 5.58. The van der Waals surface area contributed by atoms with Gasteiger partial charge < -0.3 is 15.7 Å². The molecule has 0 aromatic carbocycles. The highest BCUT2D eigenvalue weighted by atomic mass is 16.4. The van der Waals surface area contributed by atoms with E-state index in [1.807, 2.05) is 13.8 Å². The molecule has 1 aliphatic heterocycles. The highest BCUT2D eigenvalue weighted by Crippen LogP contribution is 2.16. The first kappa shape index (κ1) is 9.48. The van der Waals surface area contributed by atoms with E-state index in [4.69, 9.17) is 5.11 Å². The zero-order valence-electron chi connectivity index (χ0n) is 7.55. The van der Waals surface area contributed by atoms with Crippen LogP contribution in [0.25, 0.3) is 0 Å². The maximum atomic E-state index is 10.5. The summed E-state index contributed by atoms with van der Waals surface area (Å²) in [6.07, 6.45) is 0.207. The van der Waals surface area contributed by atoms with Crippen molar-refractivity contribution in [2.75, 3.05) is 13.1 Å². The summed E-state index contributed by atoms with van der Waals surface area (Å²) < 4.78 is 0. The van der Waals surface area contributed by atoms with Crippen molar-refractivity contribution in [3.63, 3.8) is 0 Å². The van der Waals surface area contributed by atoms with Crippen LogP contribution in [0.2, 0.25) is 0 Å². The molecule has 4 nitrogen and oxygen atoms in total. The first-order valence-corrected chi connectivity index (χ1v) is 4.24. The molecule has 0 amide bonds. The number of hydrogen-bond acceptors (Lipinski definition) is 3. The van der Waals surface area contributed by atoms with Crippen LogP contribution in [0.1, 0.15) is 20.3 Å². The fourth-order valence-corrected chi connectivity index (χ4v) is 1.61. The fraction of sp³-hybridized carbons (Fsp3) is 0.875. The molecule has 1 fully saturated rings. The minimum atomic E-state index is -0.732. The lowest BCUT2D eigenvalue weighted by atomic mass is 9.88. The van der Waals surface area contributed by atoms with Crippen LogP contribution in [0.5, 0.6) is 0 Å². The number of nitrogens with one attached hydrogen (secondary N) is 2. The molecule has 1 saturated heterocycles. The van der Waals surface area contributed by atoms with Crippen LogP contribution in [-0.2, 0) is 4.79 Å². The van der Waals surface area contributed by atoms with Crippen LogP contribution in [0.15, 0.2) is 0 Å². The molecule has 1 aliphatic rings. The van der Waals surface area contributed by atoms with E-state index in [0.717, 1.165) is 13.1 Å². The summed E-state index contributed by atoms with van der Waals surface area (Å²) in [4.78, 5) is 10.5. The molecule has 70 valence electrons. The highest BCUT2D eigenvalue weighted by molar-refractivity contribution is 5.68. The summed E-state index contributed by atoms with van der Waals surface area (Å²) in [7, 11) is 0. The monoisotopic (exact) mass is 172 g/mol. The third kappa shape index (κ3) is 2.19. The van der Waals surface area contributed by atoms with Crippen LogP contribution < -0.4 is 10.6 Å². The fourth-order valence-electron chi connectivity index (χ4n) is 1.61. The molecule has 0 aromatic heterocycles. The van der Waals surface area contributed by atoms with Gasteiger partial charge in [-0.05, 0) is 0 Å². The van der Waals surface area contributed by atoms with Crippen molar-refractivity contribution in [1.29, 1.82) is 0 Å². The van der Waals surface area contributed by atoms with Gasteiger partial charge in [0.05, 0.1) is 12.0 Å².